The number of carbonyl (C=O) groups is 2. The van der Waals surface area contributed by atoms with Gasteiger partial charge in [-0.2, -0.15) is 0 Å². The molecule has 0 aromatic heterocycles. The van der Waals surface area contributed by atoms with E-state index in [9.17, 15) is 9.59 Å². The molecule has 0 aromatic carbocycles. The third-order valence-electron chi connectivity index (χ3n) is 4.17. The fraction of sp³-hybridized carbons (Fsp3) is 0.867. The Kier molecular flexibility index (Phi) is 4.55. The van der Waals surface area contributed by atoms with E-state index in [0.29, 0.717) is 18.3 Å². The molecule has 1 aliphatic carbocycles. The first-order valence-corrected chi connectivity index (χ1v) is 7.60. The van der Waals surface area contributed by atoms with Crippen LogP contribution in [0.2, 0.25) is 0 Å². The maximum Gasteiger partial charge on any atom is 0.407 e. The Hall–Kier alpha value is -1.26. The Morgan fingerprint density at radius 1 is 1.20 bits per heavy atom. The molecule has 1 saturated carbocycles. The van der Waals surface area contributed by atoms with Crippen molar-refractivity contribution in [3.8, 4) is 0 Å². The van der Waals surface area contributed by atoms with Crippen molar-refractivity contribution in [3.63, 3.8) is 0 Å². The van der Waals surface area contributed by atoms with E-state index in [0.717, 1.165) is 32.2 Å². The lowest BCUT2D eigenvalue weighted by Crippen LogP contribution is -2.41. The van der Waals surface area contributed by atoms with Crippen molar-refractivity contribution in [3.05, 3.63) is 0 Å². The van der Waals surface area contributed by atoms with E-state index in [-0.39, 0.29) is 18.0 Å². The summed E-state index contributed by atoms with van der Waals surface area (Å²) in [5, 5.41) is 5.86. The molecular formula is C15H26N2O3. The largest absolute Gasteiger partial charge is 0.444 e. The van der Waals surface area contributed by atoms with Gasteiger partial charge in [-0.3, -0.25) is 4.79 Å². The lowest BCUT2D eigenvalue weighted by molar-refractivity contribution is -0.119. The fourth-order valence-electron chi connectivity index (χ4n) is 3.17. The molecule has 20 heavy (non-hydrogen) atoms. The van der Waals surface area contributed by atoms with Crippen LogP contribution in [0, 0.1) is 11.8 Å². The predicted molar refractivity (Wildman–Crippen MR) is 76.2 cm³/mol. The lowest BCUT2D eigenvalue weighted by atomic mass is 9.78. The number of nitrogens with one attached hydrogen (secondary N) is 2. The minimum atomic E-state index is -0.447. The molecule has 1 heterocycles. The maximum atomic E-state index is 11.7. The van der Waals surface area contributed by atoms with E-state index in [1.54, 1.807) is 0 Å². The van der Waals surface area contributed by atoms with Crippen molar-refractivity contribution in [1.29, 1.82) is 0 Å². The Morgan fingerprint density at radius 2 is 1.85 bits per heavy atom. The normalized spacial score (nSPS) is 30.8. The van der Waals surface area contributed by atoms with Crippen LogP contribution < -0.4 is 10.6 Å². The van der Waals surface area contributed by atoms with Crippen LogP contribution in [-0.4, -0.2) is 30.2 Å². The maximum absolute atomic E-state index is 11.7. The SMILES string of the molecule is CC(C)(C)OC(=O)NC1CCC(C2CNC(=O)C2)CC1. The number of carbonyl (C=O) groups excluding carboxylic acids is 2. The Labute approximate surface area is 120 Å². The summed E-state index contributed by atoms with van der Waals surface area (Å²) in [5.74, 6) is 1.29. The molecule has 0 spiro atoms. The third kappa shape index (κ3) is 4.39. The first-order valence-electron chi connectivity index (χ1n) is 7.60. The molecule has 1 unspecified atom stereocenters. The van der Waals surface area contributed by atoms with Gasteiger partial charge in [0.2, 0.25) is 5.91 Å². The topological polar surface area (TPSA) is 67.4 Å². The Balaban J connectivity index is 1.71. The highest BCUT2D eigenvalue weighted by Crippen LogP contribution is 2.33. The number of ether oxygens (including phenoxy) is 1. The smallest absolute Gasteiger partial charge is 0.407 e. The van der Waals surface area contributed by atoms with Gasteiger partial charge in [0.05, 0.1) is 0 Å². The van der Waals surface area contributed by atoms with Crippen LogP contribution in [0.3, 0.4) is 0 Å². The highest BCUT2D eigenvalue weighted by atomic mass is 16.6. The number of hydrogen-bond donors (Lipinski definition) is 2. The number of alkyl carbamates (subject to hydrolysis) is 1. The van der Waals surface area contributed by atoms with E-state index in [1.165, 1.54) is 0 Å². The minimum Gasteiger partial charge on any atom is -0.444 e. The molecule has 1 atom stereocenters. The van der Waals surface area contributed by atoms with Gasteiger partial charge >= 0.3 is 6.09 Å². The highest BCUT2D eigenvalue weighted by Gasteiger charge is 2.33. The van der Waals surface area contributed by atoms with Crippen LogP contribution in [0.5, 0.6) is 0 Å². The molecule has 2 rings (SSSR count). The molecule has 0 radical (unpaired) electrons. The van der Waals surface area contributed by atoms with Gasteiger partial charge in [-0.25, -0.2) is 4.79 Å². The molecule has 0 aromatic rings. The molecule has 1 aliphatic heterocycles. The van der Waals surface area contributed by atoms with E-state index in [4.69, 9.17) is 4.74 Å². The molecule has 0 bridgehead atoms. The summed E-state index contributed by atoms with van der Waals surface area (Å²) in [6.45, 7) is 6.43. The Morgan fingerprint density at radius 3 is 2.35 bits per heavy atom. The molecule has 114 valence electrons. The van der Waals surface area contributed by atoms with Crippen LogP contribution in [0.4, 0.5) is 4.79 Å². The van der Waals surface area contributed by atoms with Crippen molar-refractivity contribution in [2.24, 2.45) is 11.8 Å². The first-order chi connectivity index (χ1) is 9.33. The van der Waals surface area contributed by atoms with Gasteiger partial charge in [0.25, 0.3) is 0 Å². The minimum absolute atomic E-state index is 0.184. The predicted octanol–water partition coefficient (Wildman–Crippen LogP) is 2.21. The molecule has 5 nitrogen and oxygen atoms in total. The summed E-state index contributed by atoms with van der Waals surface area (Å²) >= 11 is 0. The van der Waals surface area contributed by atoms with Crippen molar-refractivity contribution < 1.29 is 14.3 Å². The van der Waals surface area contributed by atoms with Crippen LogP contribution in [0.15, 0.2) is 0 Å². The summed E-state index contributed by atoms with van der Waals surface area (Å²) in [6.07, 6.45) is 4.48. The van der Waals surface area contributed by atoms with E-state index < -0.39 is 5.60 Å². The molecule has 1 saturated heterocycles. The average molecular weight is 282 g/mol. The van der Waals surface area contributed by atoms with Gasteiger partial charge in [-0.1, -0.05) is 0 Å². The van der Waals surface area contributed by atoms with Gasteiger partial charge in [-0.15, -0.1) is 0 Å². The second-order valence-electron chi connectivity index (χ2n) is 7.03. The van der Waals surface area contributed by atoms with E-state index in [2.05, 4.69) is 10.6 Å². The van der Waals surface area contributed by atoms with Crippen LogP contribution in [0.1, 0.15) is 52.9 Å². The van der Waals surface area contributed by atoms with Gasteiger partial charge in [-0.05, 0) is 58.3 Å². The van der Waals surface area contributed by atoms with Gasteiger partial charge < -0.3 is 15.4 Å². The van der Waals surface area contributed by atoms with Gasteiger partial charge in [0.1, 0.15) is 5.60 Å². The Bertz CT molecular complexity index is 368. The zero-order valence-electron chi connectivity index (χ0n) is 12.7. The molecular weight excluding hydrogens is 256 g/mol. The van der Waals surface area contributed by atoms with Crippen molar-refractivity contribution in [2.45, 2.75) is 64.5 Å². The number of rotatable bonds is 2. The standard InChI is InChI=1S/C15H26N2O3/c1-15(2,3)20-14(19)17-12-6-4-10(5-7-12)11-8-13(18)16-9-11/h10-12H,4-9H2,1-3H3,(H,16,18)(H,17,19). The fourth-order valence-corrected chi connectivity index (χ4v) is 3.17. The summed E-state index contributed by atoms with van der Waals surface area (Å²) < 4.78 is 5.28. The molecule has 2 amide bonds. The zero-order valence-corrected chi connectivity index (χ0v) is 12.7. The van der Waals surface area contributed by atoms with Crippen molar-refractivity contribution in [2.75, 3.05) is 6.54 Å². The molecule has 2 N–H and O–H groups in total. The van der Waals surface area contributed by atoms with E-state index >= 15 is 0 Å². The lowest BCUT2D eigenvalue weighted by Gasteiger charge is -2.32. The highest BCUT2D eigenvalue weighted by molar-refractivity contribution is 5.78. The summed E-state index contributed by atoms with van der Waals surface area (Å²) in [4.78, 5) is 23.0. The van der Waals surface area contributed by atoms with Crippen molar-refractivity contribution in [1.82, 2.24) is 10.6 Å². The van der Waals surface area contributed by atoms with Gasteiger partial charge in [0.15, 0.2) is 0 Å². The quantitative estimate of drug-likeness (QED) is 0.816. The van der Waals surface area contributed by atoms with Crippen LogP contribution in [-0.2, 0) is 9.53 Å². The average Bonchev–Trinajstić information content (AvgIpc) is 2.74. The summed E-state index contributed by atoms with van der Waals surface area (Å²) in [7, 11) is 0. The second kappa shape index (κ2) is 6.02. The molecule has 2 fully saturated rings. The van der Waals surface area contributed by atoms with E-state index in [1.807, 2.05) is 20.8 Å². The second-order valence-corrected chi connectivity index (χ2v) is 7.03. The van der Waals surface area contributed by atoms with Crippen LogP contribution >= 0.6 is 0 Å². The first kappa shape index (κ1) is 15.1. The van der Waals surface area contributed by atoms with Crippen LogP contribution in [0.25, 0.3) is 0 Å². The van der Waals surface area contributed by atoms with Gasteiger partial charge in [0, 0.05) is 19.0 Å². The molecule has 2 aliphatic rings. The summed E-state index contributed by atoms with van der Waals surface area (Å²) in [5.41, 5.74) is -0.447. The third-order valence-corrected chi connectivity index (χ3v) is 4.17. The molecule has 5 heteroatoms. The summed E-state index contributed by atoms with van der Waals surface area (Å²) in [6, 6.07) is 0.214. The van der Waals surface area contributed by atoms with Crippen molar-refractivity contribution >= 4 is 12.0 Å². The number of amides is 2. The number of hydrogen-bond acceptors (Lipinski definition) is 3. The zero-order chi connectivity index (χ0) is 14.8. The monoisotopic (exact) mass is 282 g/mol.